The molecule has 1 aliphatic carbocycles. The molecular weight excluding hydrogens is 903 g/mol. The van der Waals surface area contributed by atoms with Crippen LogP contribution in [0.3, 0.4) is 0 Å². The van der Waals surface area contributed by atoms with Crippen molar-refractivity contribution in [3.8, 4) is 33.4 Å². The van der Waals surface area contributed by atoms with E-state index in [0.717, 1.165) is 17.1 Å². The molecule has 340 valence electrons. The number of fused-ring (bicyclic) bond motifs is 12. The van der Waals surface area contributed by atoms with Crippen LogP contribution < -0.4 is 15.3 Å². The van der Waals surface area contributed by atoms with Crippen molar-refractivity contribution < 1.29 is 0 Å². The second-order valence-corrected chi connectivity index (χ2v) is 25.3. The Morgan fingerprint density at radius 2 is 0.806 bits per heavy atom. The van der Waals surface area contributed by atoms with Gasteiger partial charge in [0.05, 0.1) is 5.41 Å². The lowest BCUT2D eigenvalue weighted by Gasteiger charge is -2.37. The van der Waals surface area contributed by atoms with Gasteiger partial charge in [-0.3, -0.25) is 0 Å². The smallest absolute Gasteiger partial charge is 0.115 e. The molecule has 1 heterocycles. The average Bonchev–Trinajstić information content (AvgIpc) is 3.76. The predicted octanol–water partition coefficient (Wildman–Crippen LogP) is 17.6. The van der Waals surface area contributed by atoms with Crippen molar-refractivity contribution in [2.75, 3.05) is 4.90 Å². The fourth-order valence-corrected chi connectivity index (χ4v) is 18.1. The molecule has 3 heteroatoms. The number of anilines is 3. The standard InChI is InChI=1S/C69H49NSSi/c1-72(2)64-32-18-30-54(67(64)71-68-65(72)44-43-63-66(68)60-29-16-17-31-62(60)69(63,49-21-8-4-9-22-49)50-23-10-5-11-24-50)48-35-39-52(40-36-48)70(51-37-33-47(34-38-51)46-19-6-3-7-20-46)53-41-42-59-57-27-13-12-25-55(57)56-26-14-15-28-58(56)61(59)45-53/h3-45H,1-2H3. The van der Waals surface area contributed by atoms with Crippen molar-refractivity contribution in [3.05, 3.63) is 283 Å². The number of hydrogen-bond donors (Lipinski definition) is 0. The number of benzene rings is 12. The topological polar surface area (TPSA) is 3.24 Å². The molecule has 0 saturated carbocycles. The summed E-state index contributed by atoms with van der Waals surface area (Å²) in [4.78, 5) is 5.23. The Morgan fingerprint density at radius 1 is 0.333 bits per heavy atom. The summed E-state index contributed by atoms with van der Waals surface area (Å²) >= 11 is 2.00. The van der Waals surface area contributed by atoms with Crippen molar-refractivity contribution >= 4 is 79.6 Å². The fourth-order valence-electron chi connectivity index (χ4n) is 12.4. The van der Waals surface area contributed by atoms with Crippen LogP contribution in [-0.4, -0.2) is 8.07 Å². The molecule has 0 fully saturated rings. The van der Waals surface area contributed by atoms with Gasteiger partial charge in [0.2, 0.25) is 0 Å². The van der Waals surface area contributed by atoms with E-state index in [4.69, 9.17) is 0 Å². The molecule has 0 saturated heterocycles. The van der Waals surface area contributed by atoms with E-state index in [1.807, 2.05) is 11.8 Å². The van der Waals surface area contributed by atoms with E-state index in [0.29, 0.717) is 0 Å². The third-order valence-corrected chi connectivity index (χ3v) is 21.0. The van der Waals surface area contributed by atoms with Crippen LogP contribution >= 0.6 is 11.8 Å². The molecule has 0 spiro atoms. The molecule has 72 heavy (non-hydrogen) atoms. The SMILES string of the molecule is C[Si]1(C)c2cccc(-c3ccc(N(c4ccc(-c5ccccc5)cc4)c4ccc5c6ccccc6c6ccccc6c5c4)cc3)c2Sc2c1ccc1c2-c2ccccc2C1(c1ccccc1)c1ccccc1. The van der Waals surface area contributed by atoms with E-state index in [1.165, 1.54) is 108 Å². The summed E-state index contributed by atoms with van der Waals surface area (Å²) in [6, 6.07) is 97.4. The Hall–Kier alpha value is -8.21. The van der Waals surface area contributed by atoms with Gasteiger partial charge in [0.1, 0.15) is 8.07 Å². The summed E-state index contributed by atoms with van der Waals surface area (Å²) in [5.41, 5.74) is 15.9. The minimum absolute atomic E-state index is 0.439. The molecule has 1 nitrogen and oxygen atoms in total. The van der Waals surface area contributed by atoms with Crippen LogP contribution in [0.2, 0.25) is 13.1 Å². The van der Waals surface area contributed by atoms with Crippen LogP contribution in [0.1, 0.15) is 22.3 Å². The van der Waals surface area contributed by atoms with E-state index in [1.54, 1.807) is 0 Å². The minimum Gasteiger partial charge on any atom is -0.310 e. The van der Waals surface area contributed by atoms with Crippen molar-refractivity contribution in [2.45, 2.75) is 28.3 Å². The summed E-state index contributed by atoms with van der Waals surface area (Å²) in [6.45, 7) is 5.12. The van der Waals surface area contributed by atoms with Gasteiger partial charge in [0.15, 0.2) is 0 Å². The second kappa shape index (κ2) is 16.7. The average molecular weight is 952 g/mol. The number of rotatable bonds is 7. The monoisotopic (exact) mass is 951 g/mol. The molecule has 0 unspecified atom stereocenters. The highest BCUT2D eigenvalue weighted by molar-refractivity contribution is 8.00. The Balaban J connectivity index is 0.911. The Morgan fingerprint density at radius 3 is 1.43 bits per heavy atom. The van der Waals surface area contributed by atoms with Crippen LogP contribution in [0.15, 0.2) is 271 Å². The van der Waals surface area contributed by atoms with Gasteiger partial charge in [-0.05, 0) is 129 Å². The Bertz CT molecular complexity index is 4000. The van der Waals surface area contributed by atoms with E-state index in [-0.39, 0.29) is 0 Å². The van der Waals surface area contributed by atoms with Crippen molar-refractivity contribution in [3.63, 3.8) is 0 Å². The molecule has 0 radical (unpaired) electrons. The van der Waals surface area contributed by atoms with E-state index >= 15 is 0 Å². The van der Waals surface area contributed by atoms with Crippen LogP contribution in [0.5, 0.6) is 0 Å². The largest absolute Gasteiger partial charge is 0.310 e. The van der Waals surface area contributed by atoms with Gasteiger partial charge in [-0.15, -0.1) is 0 Å². The van der Waals surface area contributed by atoms with Gasteiger partial charge in [-0.1, -0.05) is 249 Å². The Kier molecular flexibility index (Phi) is 9.89. The number of hydrogen-bond acceptors (Lipinski definition) is 2. The van der Waals surface area contributed by atoms with Crippen LogP contribution in [0.4, 0.5) is 17.1 Å². The van der Waals surface area contributed by atoms with Crippen LogP contribution in [0.25, 0.3) is 65.7 Å². The van der Waals surface area contributed by atoms with Crippen LogP contribution in [-0.2, 0) is 5.41 Å². The highest BCUT2D eigenvalue weighted by Crippen LogP contribution is 2.59. The second-order valence-electron chi connectivity index (χ2n) is 19.9. The quantitative estimate of drug-likeness (QED) is 0.116. The fraction of sp³-hybridized carbons (Fsp3) is 0.0435. The molecule has 0 amide bonds. The van der Waals surface area contributed by atoms with Gasteiger partial charge in [0.25, 0.3) is 0 Å². The van der Waals surface area contributed by atoms with Crippen molar-refractivity contribution in [2.24, 2.45) is 0 Å². The van der Waals surface area contributed by atoms with Crippen LogP contribution in [0, 0.1) is 0 Å². The van der Waals surface area contributed by atoms with E-state index in [2.05, 4.69) is 279 Å². The molecule has 12 aromatic carbocycles. The zero-order chi connectivity index (χ0) is 48.0. The summed E-state index contributed by atoms with van der Waals surface area (Å²) in [5, 5.41) is 10.6. The molecule has 12 aromatic rings. The number of nitrogens with zero attached hydrogens (tertiary/aromatic N) is 1. The van der Waals surface area contributed by atoms with Crippen molar-refractivity contribution in [1.82, 2.24) is 0 Å². The van der Waals surface area contributed by atoms with Gasteiger partial charge < -0.3 is 4.90 Å². The molecule has 14 rings (SSSR count). The first-order valence-corrected chi connectivity index (χ1v) is 28.9. The summed E-state index contributed by atoms with van der Waals surface area (Å²) in [7, 11) is -2.20. The van der Waals surface area contributed by atoms with E-state index < -0.39 is 13.5 Å². The highest BCUT2D eigenvalue weighted by atomic mass is 32.2. The lowest BCUT2D eigenvalue weighted by atomic mass is 9.68. The van der Waals surface area contributed by atoms with Gasteiger partial charge >= 0.3 is 0 Å². The highest BCUT2D eigenvalue weighted by Gasteiger charge is 2.49. The molecule has 0 bridgehead atoms. The molecule has 1 aliphatic heterocycles. The lowest BCUT2D eigenvalue weighted by molar-refractivity contribution is 0.767. The van der Waals surface area contributed by atoms with E-state index in [9.17, 15) is 0 Å². The zero-order valence-electron chi connectivity index (χ0n) is 40.2. The third-order valence-electron chi connectivity index (χ3n) is 15.8. The zero-order valence-corrected chi connectivity index (χ0v) is 42.0. The van der Waals surface area contributed by atoms with Gasteiger partial charge in [0, 0.05) is 32.4 Å². The van der Waals surface area contributed by atoms with Gasteiger partial charge in [-0.25, -0.2) is 0 Å². The molecular formula is C69H49NSSi. The Labute approximate surface area is 426 Å². The normalized spacial score (nSPS) is 13.9. The first-order chi connectivity index (χ1) is 35.5. The molecule has 0 atom stereocenters. The first-order valence-electron chi connectivity index (χ1n) is 25.1. The summed E-state index contributed by atoms with van der Waals surface area (Å²) in [5.74, 6) is 0. The maximum absolute atomic E-state index is 2.56. The molecule has 2 aliphatic rings. The maximum atomic E-state index is 2.56. The minimum atomic E-state index is -2.20. The first kappa shape index (κ1) is 42.6. The third kappa shape index (κ3) is 6.41. The summed E-state index contributed by atoms with van der Waals surface area (Å²) in [6.07, 6.45) is 0. The predicted molar refractivity (Wildman–Crippen MR) is 309 cm³/mol. The van der Waals surface area contributed by atoms with Crippen molar-refractivity contribution in [1.29, 1.82) is 0 Å². The lowest BCUT2D eigenvalue weighted by Crippen LogP contribution is -2.56. The maximum Gasteiger partial charge on any atom is 0.115 e. The molecule has 0 N–H and O–H groups in total. The van der Waals surface area contributed by atoms with Gasteiger partial charge in [-0.2, -0.15) is 0 Å². The summed E-state index contributed by atoms with van der Waals surface area (Å²) < 4.78 is 0. The molecule has 0 aromatic heterocycles.